The third-order valence-electron chi connectivity index (χ3n) is 8.44. The lowest BCUT2D eigenvalue weighted by molar-refractivity contribution is -0.131. The first kappa shape index (κ1) is 30.5. The van der Waals surface area contributed by atoms with E-state index in [1.807, 2.05) is 23.1 Å². The molecule has 0 unspecified atom stereocenters. The Kier molecular flexibility index (Phi) is 8.73. The second-order valence-corrected chi connectivity index (χ2v) is 13.2. The monoisotopic (exact) mass is 605 g/mol. The van der Waals surface area contributed by atoms with Crippen LogP contribution in [0.1, 0.15) is 74.3 Å². The van der Waals surface area contributed by atoms with Gasteiger partial charge in [0, 0.05) is 31.1 Å². The van der Waals surface area contributed by atoms with E-state index in [1.165, 1.54) is 11.0 Å². The van der Waals surface area contributed by atoms with Crippen LogP contribution in [0.4, 0.5) is 5.88 Å². The van der Waals surface area contributed by atoms with Crippen molar-refractivity contribution in [2.45, 2.75) is 89.2 Å². The summed E-state index contributed by atoms with van der Waals surface area (Å²) in [5, 5.41) is 3.86. The number of sulfonamides is 1. The number of aromatic nitrogens is 1. The standard InChI is InChI=1S/C32H39N5O5S/c1-5-6-13-29-33-32(16-9-10-17-32)31(39)37(29)19-24-14-15-26(25(18-24)20-36(4)21-38)27-11-7-8-12-28(27)43(40,41)35-30-22(2)23(3)34-42-30/h7-8,11-12,14-15,18,21,35H,5-6,9-10,13,16-17,19-20H2,1-4H3. The predicted octanol–water partition coefficient (Wildman–Crippen LogP) is 5.59. The highest BCUT2D eigenvalue weighted by Crippen LogP contribution is 2.40. The lowest BCUT2D eigenvalue weighted by Crippen LogP contribution is -2.40. The smallest absolute Gasteiger partial charge is 0.264 e. The van der Waals surface area contributed by atoms with E-state index in [2.05, 4.69) is 16.8 Å². The fourth-order valence-electron chi connectivity index (χ4n) is 5.94. The van der Waals surface area contributed by atoms with Crippen LogP contribution in [-0.4, -0.2) is 54.1 Å². The van der Waals surface area contributed by atoms with Crippen LogP contribution in [0.15, 0.2) is 56.9 Å². The summed E-state index contributed by atoms with van der Waals surface area (Å²) in [7, 11) is -2.38. The van der Waals surface area contributed by atoms with Gasteiger partial charge in [-0.15, -0.1) is 0 Å². The number of benzene rings is 2. The summed E-state index contributed by atoms with van der Waals surface area (Å²) in [6.45, 7) is 6.22. The molecule has 2 aromatic carbocycles. The number of aliphatic imine (C=N–C) groups is 1. The van der Waals surface area contributed by atoms with Crippen molar-refractivity contribution in [2.24, 2.45) is 4.99 Å². The largest absolute Gasteiger partial charge is 0.344 e. The summed E-state index contributed by atoms with van der Waals surface area (Å²) in [5.74, 6) is 0.997. The minimum Gasteiger partial charge on any atom is -0.344 e. The molecule has 2 heterocycles. The summed E-state index contributed by atoms with van der Waals surface area (Å²) in [6, 6.07) is 12.5. The average molecular weight is 606 g/mol. The van der Waals surface area contributed by atoms with Crippen molar-refractivity contribution in [1.29, 1.82) is 0 Å². The van der Waals surface area contributed by atoms with E-state index in [-0.39, 0.29) is 23.2 Å². The van der Waals surface area contributed by atoms with E-state index in [1.54, 1.807) is 39.1 Å². The van der Waals surface area contributed by atoms with Gasteiger partial charge in [-0.1, -0.05) is 67.7 Å². The molecule has 1 aliphatic carbocycles. The lowest BCUT2D eigenvalue weighted by atomic mass is 9.96. The molecular formula is C32H39N5O5S. The van der Waals surface area contributed by atoms with Crippen LogP contribution in [0.3, 0.4) is 0 Å². The van der Waals surface area contributed by atoms with Gasteiger partial charge in [0.1, 0.15) is 11.4 Å². The fraction of sp³-hybridized carbons (Fsp3) is 0.438. The molecule has 10 nitrogen and oxygen atoms in total. The molecule has 5 rings (SSSR count). The van der Waals surface area contributed by atoms with Gasteiger partial charge in [-0.3, -0.25) is 19.5 Å². The van der Waals surface area contributed by atoms with Gasteiger partial charge < -0.3 is 9.42 Å². The maximum atomic E-state index is 13.7. The molecule has 0 saturated heterocycles. The van der Waals surface area contributed by atoms with Crippen LogP contribution in [0, 0.1) is 13.8 Å². The molecule has 2 aliphatic rings. The van der Waals surface area contributed by atoms with Crippen LogP contribution in [0.2, 0.25) is 0 Å². The van der Waals surface area contributed by atoms with E-state index in [0.29, 0.717) is 28.9 Å². The molecule has 1 fully saturated rings. The Balaban J connectivity index is 1.51. The van der Waals surface area contributed by atoms with Gasteiger partial charge in [-0.05, 0) is 55.9 Å². The number of nitrogens with zero attached hydrogens (tertiary/aromatic N) is 4. The Hall–Kier alpha value is -3.99. The SMILES string of the molecule is CCCCC1=NC2(CCCC2)C(=O)N1Cc1ccc(-c2ccccc2S(=O)(=O)Nc2onc(C)c2C)c(CN(C)C=O)c1. The van der Waals surface area contributed by atoms with Crippen LogP contribution in [-0.2, 0) is 32.7 Å². The number of carbonyl (C=O) groups excluding carboxylic acids is 2. The van der Waals surface area contributed by atoms with Gasteiger partial charge >= 0.3 is 0 Å². The van der Waals surface area contributed by atoms with Crippen molar-refractivity contribution < 1.29 is 22.5 Å². The first-order valence-electron chi connectivity index (χ1n) is 14.8. The van der Waals surface area contributed by atoms with E-state index < -0.39 is 15.6 Å². The van der Waals surface area contributed by atoms with Gasteiger partial charge in [0.2, 0.25) is 12.3 Å². The molecule has 11 heteroatoms. The quantitative estimate of drug-likeness (QED) is 0.268. The number of aryl methyl sites for hydroxylation is 1. The minimum atomic E-state index is -4.05. The normalized spacial score (nSPS) is 16.1. The first-order chi connectivity index (χ1) is 20.6. The van der Waals surface area contributed by atoms with E-state index in [0.717, 1.165) is 68.3 Å². The van der Waals surface area contributed by atoms with Gasteiger partial charge in [0.25, 0.3) is 15.9 Å². The summed E-state index contributed by atoms with van der Waals surface area (Å²) < 4.78 is 35.0. The first-order valence-corrected chi connectivity index (χ1v) is 16.3. The van der Waals surface area contributed by atoms with Crippen LogP contribution in [0.25, 0.3) is 11.1 Å². The second-order valence-electron chi connectivity index (χ2n) is 11.6. The molecule has 0 atom stereocenters. The van der Waals surface area contributed by atoms with E-state index >= 15 is 0 Å². The molecule has 2 amide bonds. The molecule has 0 bridgehead atoms. The molecule has 3 aromatic rings. The highest BCUT2D eigenvalue weighted by molar-refractivity contribution is 7.92. The molecular weight excluding hydrogens is 566 g/mol. The van der Waals surface area contributed by atoms with Crippen molar-refractivity contribution in [3.63, 3.8) is 0 Å². The average Bonchev–Trinajstić information content (AvgIpc) is 3.67. The lowest BCUT2D eigenvalue weighted by Gasteiger charge is -2.24. The van der Waals surface area contributed by atoms with E-state index in [4.69, 9.17) is 9.52 Å². The van der Waals surface area contributed by atoms with Gasteiger partial charge in [-0.25, -0.2) is 13.1 Å². The van der Waals surface area contributed by atoms with Crippen molar-refractivity contribution in [2.75, 3.05) is 11.8 Å². The van der Waals surface area contributed by atoms with Crippen LogP contribution in [0.5, 0.6) is 0 Å². The number of hydrogen-bond acceptors (Lipinski definition) is 7. The van der Waals surface area contributed by atoms with Gasteiger partial charge in [0.05, 0.1) is 17.1 Å². The number of carbonyl (C=O) groups is 2. The number of unbranched alkanes of at least 4 members (excludes halogenated alkanes) is 1. The Labute approximate surface area is 253 Å². The summed E-state index contributed by atoms with van der Waals surface area (Å²) in [5.41, 5.74) is 3.38. The second kappa shape index (κ2) is 12.3. The molecule has 1 aromatic heterocycles. The molecule has 0 radical (unpaired) electrons. The zero-order chi connectivity index (χ0) is 30.8. The zero-order valence-electron chi connectivity index (χ0n) is 25.2. The fourth-order valence-corrected chi connectivity index (χ4v) is 7.21. The van der Waals surface area contributed by atoms with Gasteiger partial charge in [0.15, 0.2) is 0 Å². The number of hydrogen-bond donors (Lipinski definition) is 1. The topological polar surface area (TPSA) is 125 Å². The molecule has 1 spiro atoms. The number of anilines is 1. The van der Waals surface area contributed by atoms with Crippen molar-refractivity contribution in [1.82, 2.24) is 15.0 Å². The number of amides is 2. The maximum Gasteiger partial charge on any atom is 0.264 e. The Morgan fingerprint density at radius 2 is 1.86 bits per heavy atom. The van der Waals surface area contributed by atoms with Crippen molar-refractivity contribution in [3.05, 3.63) is 64.8 Å². The Morgan fingerprint density at radius 1 is 1.12 bits per heavy atom. The highest BCUT2D eigenvalue weighted by Gasteiger charge is 2.49. The van der Waals surface area contributed by atoms with Crippen LogP contribution >= 0.6 is 0 Å². The predicted molar refractivity (Wildman–Crippen MR) is 165 cm³/mol. The third kappa shape index (κ3) is 6.08. The summed E-state index contributed by atoms with van der Waals surface area (Å²) in [4.78, 5) is 33.8. The maximum absolute atomic E-state index is 13.7. The number of nitrogens with one attached hydrogen (secondary N) is 1. The highest BCUT2D eigenvalue weighted by atomic mass is 32.2. The zero-order valence-corrected chi connectivity index (χ0v) is 26.0. The number of rotatable bonds is 12. The minimum absolute atomic E-state index is 0.0677. The van der Waals surface area contributed by atoms with Crippen LogP contribution < -0.4 is 4.72 Å². The summed E-state index contributed by atoms with van der Waals surface area (Å²) in [6.07, 6.45) is 7.06. The Morgan fingerprint density at radius 3 is 2.53 bits per heavy atom. The molecule has 1 aliphatic heterocycles. The third-order valence-corrected chi connectivity index (χ3v) is 9.83. The number of amidine groups is 1. The van der Waals surface area contributed by atoms with E-state index in [9.17, 15) is 18.0 Å². The van der Waals surface area contributed by atoms with Crippen molar-refractivity contribution in [3.8, 4) is 11.1 Å². The molecule has 228 valence electrons. The molecule has 43 heavy (non-hydrogen) atoms. The molecule has 1 N–H and O–H groups in total. The van der Waals surface area contributed by atoms with Crippen molar-refractivity contribution >= 4 is 34.1 Å². The molecule has 1 saturated carbocycles. The summed E-state index contributed by atoms with van der Waals surface area (Å²) >= 11 is 0. The Bertz CT molecular complexity index is 1660. The van der Waals surface area contributed by atoms with Gasteiger partial charge in [-0.2, -0.15) is 0 Å².